The minimum absolute atomic E-state index is 0.00878. The molecule has 0 radical (unpaired) electrons. The molecule has 0 spiro atoms. The first-order valence-corrected chi connectivity index (χ1v) is 5.93. The molecule has 0 unspecified atom stereocenters. The van der Waals surface area contributed by atoms with Crippen LogP contribution in [0.15, 0.2) is 24.3 Å². The molecule has 1 heterocycles. The van der Waals surface area contributed by atoms with E-state index in [0.717, 1.165) is 0 Å². The van der Waals surface area contributed by atoms with E-state index in [-0.39, 0.29) is 31.9 Å². The van der Waals surface area contributed by atoms with E-state index in [1.54, 1.807) is 0 Å². The molecule has 0 amide bonds. The predicted molar refractivity (Wildman–Crippen MR) is 70.0 cm³/mol. The second-order valence-corrected chi connectivity index (χ2v) is 4.60. The van der Waals surface area contributed by atoms with E-state index < -0.39 is 5.95 Å². The predicted octanol–water partition coefficient (Wildman–Crippen LogP) is 4.66. The maximum atomic E-state index is 13.8. The SMILES string of the molecule is O=Cc1ccc(-c2c(Cl)ccc(Cl)c2Cl)c(F)n1. The highest BCUT2D eigenvalue weighted by Crippen LogP contribution is 2.39. The molecule has 2 aromatic rings. The number of halogens is 4. The number of aromatic nitrogens is 1. The van der Waals surface area contributed by atoms with Crippen molar-refractivity contribution in [3.63, 3.8) is 0 Å². The Hall–Kier alpha value is -1.16. The molecule has 0 saturated heterocycles. The topological polar surface area (TPSA) is 30.0 Å². The van der Waals surface area contributed by atoms with Crippen LogP contribution in [-0.2, 0) is 0 Å². The number of hydrogen-bond acceptors (Lipinski definition) is 2. The van der Waals surface area contributed by atoms with Gasteiger partial charge in [0.1, 0.15) is 5.69 Å². The van der Waals surface area contributed by atoms with Gasteiger partial charge in [-0.15, -0.1) is 0 Å². The fourth-order valence-corrected chi connectivity index (χ4v) is 2.21. The van der Waals surface area contributed by atoms with Gasteiger partial charge in [0.25, 0.3) is 0 Å². The monoisotopic (exact) mass is 303 g/mol. The van der Waals surface area contributed by atoms with Crippen LogP contribution in [0, 0.1) is 5.95 Å². The number of carbonyl (C=O) groups is 1. The third kappa shape index (κ3) is 2.34. The standard InChI is InChI=1S/C12H5Cl3FNO/c13-8-3-4-9(14)11(15)10(8)7-2-1-6(5-18)17-12(7)16/h1-5H. The Morgan fingerprint density at radius 1 is 1.06 bits per heavy atom. The van der Waals surface area contributed by atoms with E-state index in [1.807, 2.05) is 0 Å². The average molecular weight is 305 g/mol. The second-order valence-electron chi connectivity index (χ2n) is 3.41. The second kappa shape index (κ2) is 5.22. The Balaban J connectivity index is 2.69. The van der Waals surface area contributed by atoms with Crippen LogP contribution in [0.1, 0.15) is 10.5 Å². The van der Waals surface area contributed by atoms with Crippen LogP contribution in [0.25, 0.3) is 11.1 Å². The summed E-state index contributed by atoms with van der Waals surface area (Å²) < 4.78 is 13.8. The summed E-state index contributed by atoms with van der Waals surface area (Å²) in [4.78, 5) is 14.0. The van der Waals surface area contributed by atoms with Gasteiger partial charge in [0, 0.05) is 11.1 Å². The highest BCUT2D eigenvalue weighted by molar-refractivity contribution is 6.46. The van der Waals surface area contributed by atoms with Gasteiger partial charge in [-0.3, -0.25) is 4.79 Å². The lowest BCUT2D eigenvalue weighted by molar-refractivity contribution is 0.111. The third-order valence-corrected chi connectivity index (χ3v) is 3.42. The van der Waals surface area contributed by atoms with Gasteiger partial charge in [-0.25, -0.2) is 4.98 Å². The van der Waals surface area contributed by atoms with Crippen LogP contribution in [0.5, 0.6) is 0 Å². The number of pyridine rings is 1. The van der Waals surface area contributed by atoms with E-state index in [0.29, 0.717) is 6.29 Å². The molecule has 0 N–H and O–H groups in total. The zero-order valence-corrected chi connectivity index (χ0v) is 11.0. The molecular weight excluding hydrogens is 299 g/mol. The van der Waals surface area contributed by atoms with Gasteiger partial charge in [-0.2, -0.15) is 4.39 Å². The molecule has 0 aliphatic carbocycles. The summed E-state index contributed by atoms with van der Waals surface area (Å²) >= 11 is 17.8. The summed E-state index contributed by atoms with van der Waals surface area (Å²) in [7, 11) is 0. The molecule has 0 fully saturated rings. The quantitative estimate of drug-likeness (QED) is 0.459. The molecule has 92 valence electrons. The van der Waals surface area contributed by atoms with Crippen LogP contribution in [0.4, 0.5) is 4.39 Å². The van der Waals surface area contributed by atoms with Crippen molar-refractivity contribution in [1.29, 1.82) is 0 Å². The van der Waals surface area contributed by atoms with Gasteiger partial charge < -0.3 is 0 Å². The van der Waals surface area contributed by atoms with Crippen molar-refractivity contribution < 1.29 is 9.18 Å². The Morgan fingerprint density at radius 2 is 1.72 bits per heavy atom. The Kier molecular flexibility index (Phi) is 3.85. The zero-order chi connectivity index (χ0) is 13.3. The molecule has 0 aliphatic rings. The van der Waals surface area contributed by atoms with E-state index in [9.17, 15) is 9.18 Å². The van der Waals surface area contributed by atoms with Crippen molar-refractivity contribution in [2.75, 3.05) is 0 Å². The molecule has 1 aromatic heterocycles. The van der Waals surface area contributed by atoms with Gasteiger partial charge >= 0.3 is 0 Å². The van der Waals surface area contributed by atoms with E-state index >= 15 is 0 Å². The van der Waals surface area contributed by atoms with Crippen molar-refractivity contribution >= 4 is 41.1 Å². The first kappa shape index (κ1) is 13.3. The Labute approximate surface area is 117 Å². The molecule has 0 saturated carbocycles. The lowest BCUT2D eigenvalue weighted by Crippen LogP contribution is -1.95. The minimum atomic E-state index is -0.828. The summed E-state index contributed by atoms with van der Waals surface area (Å²) in [5, 5.41) is 0.655. The van der Waals surface area contributed by atoms with Crippen molar-refractivity contribution in [3.05, 3.63) is 51.0 Å². The molecule has 2 rings (SSSR count). The number of rotatable bonds is 2. The molecule has 0 aliphatic heterocycles. The lowest BCUT2D eigenvalue weighted by atomic mass is 10.1. The minimum Gasteiger partial charge on any atom is -0.296 e. The van der Waals surface area contributed by atoms with Gasteiger partial charge in [0.2, 0.25) is 5.95 Å². The van der Waals surface area contributed by atoms with Gasteiger partial charge in [-0.05, 0) is 24.3 Å². The molecule has 6 heteroatoms. The largest absolute Gasteiger partial charge is 0.296 e. The highest BCUT2D eigenvalue weighted by atomic mass is 35.5. The maximum absolute atomic E-state index is 13.8. The van der Waals surface area contributed by atoms with E-state index in [1.165, 1.54) is 24.3 Å². The van der Waals surface area contributed by atoms with Crippen LogP contribution in [0.2, 0.25) is 15.1 Å². The van der Waals surface area contributed by atoms with Gasteiger partial charge in [0.05, 0.1) is 15.1 Å². The summed E-state index contributed by atoms with van der Waals surface area (Å²) in [6, 6.07) is 5.79. The van der Waals surface area contributed by atoms with Crippen molar-refractivity contribution in [2.24, 2.45) is 0 Å². The van der Waals surface area contributed by atoms with Gasteiger partial charge in [0.15, 0.2) is 6.29 Å². The summed E-state index contributed by atoms with van der Waals surface area (Å²) in [6.07, 6.45) is 0.452. The molecular formula is C12H5Cl3FNO. The number of benzene rings is 1. The lowest BCUT2D eigenvalue weighted by Gasteiger charge is -2.09. The number of aldehydes is 1. The molecule has 2 nitrogen and oxygen atoms in total. The first-order chi connectivity index (χ1) is 8.54. The van der Waals surface area contributed by atoms with Crippen molar-refractivity contribution in [2.45, 2.75) is 0 Å². The highest BCUT2D eigenvalue weighted by Gasteiger charge is 2.16. The van der Waals surface area contributed by atoms with E-state index in [4.69, 9.17) is 34.8 Å². The molecule has 18 heavy (non-hydrogen) atoms. The molecule has 0 atom stereocenters. The van der Waals surface area contributed by atoms with E-state index in [2.05, 4.69) is 4.98 Å². The molecule has 0 bridgehead atoms. The van der Waals surface area contributed by atoms with Crippen molar-refractivity contribution in [3.8, 4) is 11.1 Å². The Morgan fingerprint density at radius 3 is 2.33 bits per heavy atom. The van der Waals surface area contributed by atoms with Crippen molar-refractivity contribution in [1.82, 2.24) is 4.98 Å². The maximum Gasteiger partial charge on any atom is 0.221 e. The smallest absolute Gasteiger partial charge is 0.221 e. The van der Waals surface area contributed by atoms with Crippen LogP contribution >= 0.6 is 34.8 Å². The fraction of sp³-hybridized carbons (Fsp3) is 0. The first-order valence-electron chi connectivity index (χ1n) is 4.80. The molecule has 1 aromatic carbocycles. The zero-order valence-electron chi connectivity index (χ0n) is 8.75. The van der Waals surface area contributed by atoms with Crippen LogP contribution < -0.4 is 0 Å². The average Bonchev–Trinajstić information content (AvgIpc) is 2.36. The Bertz CT molecular complexity index is 631. The number of hydrogen-bond donors (Lipinski definition) is 0. The van der Waals surface area contributed by atoms with Crippen LogP contribution in [0.3, 0.4) is 0 Å². The third-order valence-electron chi connectivity index (χ3n) is 2.30. The fourth-order valence-electron chi connectivity index (χ4n) is 1.47. The van der Waals surface area contributed by atoms with Gasteiger partial charge in [-0.1, -0.05) is 34.8 Å². The number of carbonyl (C=O) groups excluding carboxylic acids is 1. The summed E-state index contributed by atoms with van der Waals surface area (Å²) in [5.74, 6) is -0.828. The normalized spacial score (nSPS) is 10.4. The summed E-state index contributed by atoms with van der Waals surface area (Å²) in [5.41, 5.74) is 0.344. The number of nitrogens with zero attached hydrogens (tertiary/aromatic N) is 1. The van der Waals surface area contributed by atoms with Crippen LogP contribution in [-0.4, -0.2) is 11.3 Å². The summed E-state index contributed by atoms with van der Waals surface area (Å²) in [6.45, 7) is 0.